The van der Waals surface area contributed by atoms with Crippen molar-refractivity contribution in [2.45, 2.75) is 6.36 Å². The summed E-state index contributed by atoms with van der Waals surface area (Å²) in [6.07, 6.45) is -4.79. The molecule has 0 bridgehead atoms. The number of hydrogen-bond donors (Lipinski definition) is 0. The van der Waals surface area contributed by atoms with E-state index in [2.05, 4.69) is 4.74 Å². The lowest BCUT2D eigenvalue weighted by atomic mass is 10.1. The first-order valence-corrected chi connectivity index (χ1v) is 6.89. The molecule has 0 N–H and O–H groups in total. The van der Waals surface area contributed by atoms with Crippen molar-refractivity contribution in [3.8, 4) is 16.9 Å². The lowest BCUT2D eigenvalue weighted by Gasteiger charge is -2.12. The second-order valence-electron chi connectivity index (χ2n) is 3.94. The van der Waals surface area contributed by atoms with Crippen molar-refractivity contribution >= 4 is 46.4 Å². The van der Waals surface area contributed by atoms with Gasteiger partial charge in [0.1, 0.15) is 5.75 Å². The Labute approximate surface area is 138 Å². The number of rotatable bonds is 2. The molecule has 0 aliphatic heterocycles. The fraction of sp³-hybridized carbons (Fsp3) is 0.0769. The van der Waals surface area contributed by atoms with Crippen molar-refractivity contribution in [2.24, 2.45) is 0 Å². The number of alkyl halides is 3. The normalized spacial score (nSPS) is 11.6. The summed E-state index contributed by atoms with van der Waals surface area (Å²) in [6.45, 7) is 0. The predicted molar refractivity (Wildman–Crippen MR) is 78.6 cm³/mol. The van der Waals surface area contributed by atoms with Crippen LogP contribution in [0.5, 0.6) is 5.75 Å². The smallest absolute Gasteiger partial charge is 0.406 e. The van der Waals surface area contributed by atoms with Gasteiger partial charge in [0.25, 0.3) is 0 Å². The van der Waals surface area contributed by atoms with Crippen LogP contribution >= 0.6 is 46.4 Å². The van der Waals surface area contributed by atoms with E-state index in [1.165, 1.54) is 18.2 Å². The Balaban J connectivity index is 2.44. The van der Waals surface area contributed by atoms with Gasteiger partial charge in [-0.05, 0) is 30.3 Å². The lowest BCUT2D eigenvalue weighted by Crippen LogP contribution is -2.17. The Morgan fingerprint density at radius 2 is 1.29 bits per heavy atom. The van der Waals surface area contributed by atoms with E-state index >= 15 is 0 Å². The van der Waals surface area contributed by atoms with E-state index in [9.17, 15) is 13.2 Å². The number of ether oxygens (including phenoxy) is 1. The molecule has 1 nitrogen and oxygen atoms in total. The minimum absolute atomic E-state index is 0.0389. The highest BCUT2D eigenvalue weighted by Gasteiger charge is 2.31. The molecular formula is C13H5Cl4F3O. The maximum Gasteiger partial charge on any atom is 0.573 e. The molecule has 2 aromatic rings. The molecule has 112 valence electrons. The van der Waals surface area contributed by atoms with E-state index < -0.39 is 12.1 Å². The summed E-state index contributed by atoms with van der Waals surface area (Å²) in [4.78, 5) is 0. The zero-order valence-corrected chi connectivity index (χ0v) is 13.0. The van der Waals surface area contributed by atoms with Gasteiger partial charge in [-0.2, -0.15) is 0 Å². The highest BCUT2D eigenvalue weighted by molar-refractivity contribution is 6.44. The fourth-order valence-electron chi connectivity index (χ4n) is 1.64. The first-order chi connectivity index (χ1) is 9.67. The van der Waals surface area contributed by atoms with Crippen molar-refractivity contribution in [3.05, 3.63) is 50.4 Å². The van der Waals surface area contributed by atoms with Crippen LogP contribution in [0.1, 0.15) is 0 Å². The van der Waals surface area contributed by atoms with Crippen LogP contribution < -0.4 is 4.74 Å². The molecule has 8 heteroatoms. The second kappa shape index (κ2) is 6.13. The van der Waals surface area contributed by atoms with Gasteiger partial charge in [0.15, 0.2) is 0 Å². The van der Waals surface area contributed by atoms with Crippen LogP contribution in [0.3, 0.4) is 0 Å². The van der Waals surface area contributed by atoms with Crippen LogP contribution in [0, 0.1) is 0 Å². The molecule has 0 aromatic heterocycles. The Morgan fingerprint density at radius 1 is 0.714 bits per heavy atom. The molecule has 0 heterocycles. The molecule has 21 heavy (non-hydrogen) atoms. The van der Waals surface area contributed by atoms with E-state index in [1.807, 2.05) is 0 Å². The van der Waals surface area contributed by atoms with Gasteiger partial charge >= 0.3 is 6.36 Å². The van der Waals surface area contributed by atoms with Gasteiger partial charge in [-0.1, -0.05) is 46.4 Å². The van der Waals surface area contributed by atoms with Gasteiger partial charge in [0, 0.05) is 11.1 Å². The van der Waals surface area contributed by atoms with E-state index in [4.69, 9.17) is 46.4 Å². The number of benzene rings is 2. The van der Waals surface area contributed by atoms with Crippen molar-refractivity contribution in [3.63, 3.8) is 0 Å². The molecular weight excluding hydrogens is 371 g/mol. The molecule has 0 unspecified atom stereocenters. The van der Waals surface area contributed by atoms with E-state index in [0.29, 0.717) is 11.1 Å². The molecule has 0 saturated heterocycles. The minimum atomic E-state index is -4.79. The van der Waals surface area contributed by atoms with Crippen molar-refractivity contribution in [2.75, 3.05) is 0 Å². The average molecular weight is 376 g/mol. The summed E-state index contributed by atoms with van der Waals surface area (Å²) in [7, 11) is 0. The maximum atomic E-state index is 12.1. The molecule has 0 aliphatic carbocycles. The first-order valence-electron chi connectivity index (χ1n) is 5.37. The Kier molecular flexibility index (Phi) is 4.83. The molecule has 2 aromatic carbocycles. The van der Waals surface area contributed by atoms with E-state index in [1.54, 1.807) is 0 Å². The van der Waals surface area contributed by atoms with Gasteiger partial charge in [-0.25, -0.2) is 0 Å². The zero-order chi connectivity index (χ0) is 15.8. The van der Waals surface area contributed by atoms with Crippen molar-refractivity contribution in [1.82, 2.24) is 0 Å². The molecule has 2 rings (SSSR count). The van der Waals surface area contributed by atoms with Crippen molar-refractivity contribution < 1.29 is 17.9 Å². The molecule has 0 radical (unpaired) electrons. The molecule has 0 spiro atoms. The summed E-state index contributed by atoms with van der Waals surface area (Å²) >= 11 is 23.7. The quantitative estimate of drug-likeness (QED) is 0.520. The monoisotopic (exact) mass is 374 g/mol. The van der Waals surface area contributed by atoms with Gasteiger partial charge in [-0.15, -0.1) is 13.2 Å². The largest absolute Gasteiger partial charge is 0.573 e. The summed E-state index contributed by atoms with van der Waals surface area (Å²) in [5.74, 6) is -0.424. The summed E-state index contributed by atoms with van der Waals surface area (Å²) < 4.78 is 40.2. The van der Waals surface area contributed by atoms with E-state index in [0.717, 1.165) is 12.1 Å². The van der Waals surface area contributed by atoms with Crippen LogP contribution in [0.25, 0.3) is 11.1 Å². The molecule has 0 amide bonds. The predicted octanol–water partition coefficient (Wildman–Crippen LogP) is 6.87. The SMILES string of the molecule is FC(F)(F)Oc1ccc(-c2cc(Cl)c(Cl)cc2Cl)c(Cl)c1. The highest BCUT2D eigenvalue weighted by atomic mass is 35.5. The second-order valence-corrected chi connectivity index (χ2v) is 5.56. The van der Waals surface area contributed by atoms with Gasteiger partial charge < -0.3 is 4.74 Å². The fourth-order valence-corrected chi connectivity index (χ4v) is 2.56. The highest BCUT2D eigenvalue weighted by Crippen LogP contribution is 2.39. The number of hydrogen-bond acceptors (Lipinski definition) is 1. The third-order valence-electron chi connectivity index (χ3n) is 2.47. The Morgan fingerprint density at radius 3 is 1.86 bits per heavy atom. The van der Waals surface area contributed by atoms with Crippen LogP contribution in [0.4, 0.5) is 13.2 Å². The molecule has 0 aliphatic rings. The topological polar surface area (TPSA) is 9.23 Å². The van der Waals surface area contributed by atoms with E-state index in [-0.39, 0.29) is 20.1 Å². The average Bonchev–Trinajstić information content (AvgIpc) is 2.32. The minimum Gasteiger partial charge on any atom is -0.406 e. The lowest BCUT2D eigenvalue weighted by molar-refractivity contribution is -0.274. The van der Waals surface area contributed by atoms with Gasteiger partial charge in [0.2, 0.25) is 0 Å². The Bertz CT molecular complexity index is 686. The van der Waals surface area contributed by atoms with Crippen molar-refractivity contribution in [1.29, 1.82) is 0 Å². The third-order valence-corrected chi connectivity index (χ3v) is 3.82. The molecule has 0 fully saturated rings. The summed E-state index contributed by atoms with van der Waals surface area (Å²) in [5.41, 5.74) is 0.865. The number of halogens is 7. The summed E-state index contributed by atoms with van der Waals surface area (Å²) in [5, 5.41) is 0.828. The zero-order valence-electron chi connectivity index (χ0n) is 9.94. The van der Waals surface area contributed by atoms with Crippen LogP contribution in [-0.4, -0.2) is 6.36 Å². The molecule has 0 atom stereocenters. The first kappa shape index (κ1) is 16.6. The van der Waals surface area contributed by atoms with Crippen LogP contribution in [-0.2, 0) is 0 Å². The van der Waals surface area contributed by atoms with Crippen LogP contribution in [0.15, 0.2) is 30.3 Å². The van der Waals surface area contributed by atoms with Gasteiger partial charge in [-0.3, -0.25) is 0 Å². The van der Waals surface area contributed by atoms with Gasteiger partial charge in [0.05, 0.1) is 20.1 Å². The maximum absolute atomic E-state index is 12.1. The van der Waals surface area contributed by atoms with Crippen LogP contribution in [0.2, 0.25) is 20.1 Å². The Hall–Kier alpha value is -0.810. The third kappa shape index (κ3) is 4.10. The molecule has 0 saturated carbocycles. The standard InChI is InChI=1S/C13H5Cl4F3O/c14-9-3-6(21-13(18,19)20)1-2-7(9)8-4-11(16)12(17)5-10(8)15/h1-5H. The summed E-state index contributed by atoms with van der Waals surface area (Å²) in [6, 6.07) is 6.45.